The first-order chi connectivity index (χ1) is 23.1. The first kappa shape index (κ1) is 34.9. The summed E-state index contributed by atoms with van der Waals surface area (Å²) >= 11 is 0. The van der Waals surface area contributed by atoms with E-state index in [4.69, 9.17) is 14.0 Å². The Bertz CT molecular complexity index is 1530. The smallest absolute Gasteiger partial charge is 0.274 e. The molecule has 3 heterocycles. The Labute approximate surface area is 280 Å². The summed E-state index contributed by atoms with van der Waals surface area (Å²) in [4.78, 5) is 56.7. The second-order valence-electron chi connectivity index (χ2n) is 13.1. The number of carbonyl (C=O) groups is 4. The van der Waals surface area contributed by atoms with Crippen LogP contribution in [-0.4, -0.2) is 90.2 Å². The summed E-state index contributed by atoms with van der Waals surface area (Å²) in [5.41, 5.74) is 0.768. The van der Waals surface area contributed by atoms with Crippen molar-refractivity contribution in [3.63, 3.8) is 0 Å². The number of benzene rings is 2. The van der Waals surface area contributed by atoms with Crippen molar-refractivity contribution in [1.29, 1.82) is 0 Å². The van der Waals surface area contributed by atoms with Crippen LogP contribution < -0.4 is 16.0 Å². The van der Waals surface area contributed by atoms with Gasteiger partial charge in [0.25, 0.3) is 5.91 Å². The van der Waals surface area contributed by atoms with Crippen LogP contribution in [0.25, 0.3) is 0 Å². The highest BCUT2D eigenvalue weighted by molar-refractivity contribution is 5.99. The van der Waals surface area contributed by atoms with Gasteiger partial charge in [0.05, 0.1) is 32.4 Å². The number of ketones is 1. The number of morpholine rings is 1. The van der Waals surface area contributed by atoms with Crippen molar-refractivity contribution in [3.8, 4) is 0 Å². The molecule has 2 aromatic carbocycles. The topological polar surface area (TPSA) is 155 Å². The lowest BCUT2D eigenvalue weighted by Crippen LogP contribution is -2.57. The van der Waals surface area contributed by atoms with Crippen LogP contribution in [0.2, 0.25) is 0 Å². The number of Topliss-reactive ketones (excluding diaryl/α,β-unsaturated/α-hetero) is 1. The molecule has 0 spiro atoms. The van der Waals surface area contributed by atoms with Gasteiger partial charge >= 0.3 is 0 Å². The lowest BCUT2D eigenvalue weighted by molar-refractivity contribution is -0.133. The molecule has 2 fully saturated rings. The molecule has 12 heteroatoms. The molecule has 4 unspecified atom stereocenters. The predicted octanol–water partition coefficient (Wildman–Crippen LogP) is 2.46. The molecule has 1 aromatic heterocycles. The van der Waals surface area contributed by atoms with Crippen molar-refractivity contribution >= 4 is 23.5 Å². The zero-order chi connectivity index (χ0) is 34.1. The van der Waals surface area contributed by atoms with E-state index in [1.165, 1.54) is 0 Å². The van der Waals surface area contributed by atoms with E-state index in [1.807, 2.05) is 74.5 Å². The Balaban J connectivity index is 1.33. The number of nitrogens with one attached hydrogen (secondary N) is 3. The number of epoxide rings is 1. The average Bonchev–Trinajstić information content (AvgIpc) is 3.66. The first-order valence-electron chi connectivity index (χ1n) is 16.5. The van der Waals surface area contributed by atoms with Crippen LogP contribution in [0.5, 0.6) is 0 Å². The van der Waals surface area contributed by atoms with Crippen LogP contribution in [0.3, 0.4) is 0 Å². The fourth-order valence-electron chi connectivity index (χ4n) is 5.69. The number of rotatable bonds is 16. The molecule has 4 atom stereocenters. The van der Waals surface area contributed by atoms with Crippen LogP contribution >= 0.6 is 0 Å². The molecule has 3 aromatic rings. The summed E-state index contributed by atoms with van der Waals surface area (Å²) in [5, 5.41) is 12.6. The van der Waals surface area contributed by atoms with Gasteiger partial charge < -0.3 is 29.9 Å². The fourth-order valence-corrected chi connectivity index (χ4v) is 5.69. The van der Waals surface area contributed by atoms with E-state index in [2.05, 4.69) is 26.0 Å². The number of ether oxygens (including phenoxy) is 2. The summed E-state index contributed by atoms with van der Waals surface area (Å²) in [6.45, 7) is 9.22. The average molecular weight is 660 g/mol. The fraction of sp³-hybridized carbons (Fsp3) is 0.472. The van der Waals surface area contributed by atoms with Crippen LogP contribution in [0.1, 0.15) is 54.6 Å². The molecular weight excluding hydrogens is 614 g/mol. The van der Waals surface area contributed by atoms with Gasteiger partial charge in [-0.15, -0.1) is 0 Å². The van der Waals surface area contributed by atoms with E-state index in [0.717, 1.165) is 24.2 Å². The van der Waals surface area contributed by atoms with Gasteiger partial charge in [-0.3, -0.25) is 24.1 Å². The number of amides is 3. The highest BCUT2D eigenvalue weighted by atomic mass is 16.6. The second-order valence-corrected chi connectivity index (χ2v) is 13.1. The van der Waals surface area contributed by atoms with E-state index < -0.39 is 41.4 Å². The SMILES string of the molecule is CC(C)CC(NC(=O)C(Cc1ccccc1)NC(=O)C(Cc1ccccc1)NC(=O)c1cc(CN2CCOCC2)on1)C(=O)C1(C)CO1. The van der Waals surface area contributed by atoms with Gasteiger partial charge in [0.1, 0.15) is 17.7 Å². The number of nitrogens with zero attached hydrogens (tertiary/aromatic N) is 2. The Morgan fingerprint density at radius 1 is 0.833 bits per heavy atom. The van der Waals surface area contributed by atoms with Crippen LogP contribution in [0.15, 0.2) is 71.3 Å². The van der Waals surface area contributed by atoms with E-state index in [0.29, 0.717) is 38.5 Å². The van der Waals surface area contributed by atoms with E-state index in [-0.39, 0.29) is 30.2 Å². The molecule has 0 saturated carbocycles. The highest BCUT2D eigenvalue weighted by Gasteiger charge is 2.50. The van der Waals surface area contributed by atoms with Crippen LogP contribution in [0, 0.1) is 5.92 Å². The minimum absolute atomic E-state index is 0.0496. The standard InChI is InChI=1S/C36H45N5O7/c1-24(2)18-28(32(42)36(3)23-47-36)37-33(43)29(19-25-10-6-4-7-11-25)38-34(44)30(20-26-12-8-5-9-13-26)39-35(45)31-21-27(48-40-31)22-41-14-16-46-17-15-41/h4-13,21,24,28-30H,14-20,22-23H2,1-3H3,(H,37,43)(H,38,44)(H,39,45). The number of carbonyl (C=O) groups excluding carboxylic acids is 4. The zero-order valence-corrected chi connectivity index (χ0v) is 27.8. The number of hydrogen-bond donors (Lipinski definition) is 3. The highest BCUT2D eigenvalue weighted by Crippen LogP contribution is 2.29. The molecule has 3 amide bonds. The summed E-state index contributed by atoms with van der Waals surface area (Å²) in [5.74, 6) is -1.16. The van der Waals surface area contributed by atoms with Crippen molar-refractivity contribution in [2.75, 3.05) is 32.9 Å². The predicted molar refractivity (Wildman–Crippen MR) is 177 cm³/mol. The number of aromatic nitrogens is 1. The Kier molecular flexibility index (Phi) is 11.7. The summed E-state index contributed by atoms with van der Waals surface area (Å²) in [7, 11) is 0. The van der Waals surface area contributed by atoms with Crippen molar-refractivity contribution in [3.05, 3.63) is 89.3 Å². The summed E-state index contributed by atoms with van der Waals surface area (Å²) in [6.07, 6.45) is 0.767. The maximum atomic E-state index is 14.0. The van der Waals surface area contributed by atoms with Gasteiger partial charge in [0, 0.05) is 32.0 Å². The van der Waals surface area contributed by atoms with Gasteiger partial charge in [-0.2, -0.15) is 0 Å². The summed E-state index contributed by atoms with van der Waals surface area (Å²) < 4.78 is 16.2. The first-order valence-corrected chi connectivity index (χ1v) is 16.5. The van der Waals surface area contributed by atoms with E-state index in [9.17, 15) is 19.2 Å². The molecule has 2 aliphatic rings. The lowest BCUT2D eigenvalue weighted by atomic mass is 9.93. The molecule has 0 aliphatic carbocycles. The molecule has 256 valence electrons. The Morgan fingerprint density at radius 2 is 1.38 bits per heavy atom. The third-order valence-corrected chi connectivity index (χ3v) is 8.53. The summed E-state index contributed by atoms with van der Waals surface area (Å²) in [6, 6.07) is 17.3. The van der Waals surface area contributed by atoms with Crippen molar-refractivity contribution in [1.82, 2.24) is 26.0 Å². The van der Waals surface area contributed by atoms with Gasteiger partial charge in [-0.1, -0.05) is 79.7 Å². The van der Waals surface area contributed by atoms with Gasteiger partial charge in [-0.25, -0.2) is 0 Å². The Hall–Kier alpha value is -4.39. The van der Waals surface area contributed by atoms with E-state index in [1.54, 1.807) is 13.0 Å². The van der Waals surface area contributed by atoms with E-state index >= 15 is 0 Å². The van der Waals surface area contributed by atoms with Gasteiger partial charge in [-0.05, 0) is 30.4 Å². The quantitative estimate of drug-likeness (QED) is 0.197. The van der Waals surface area contributed by atoms with Crippen LogP contribution in [-0.2, 0) is 43.2 Å². The normalized spacial score (nSPS) is 19.6. The largest absolute Gasteiger partial charge is 0.379 e. The van der Waals surface area contributed by atoms with Crippen LogP contribution in [0.4, 0.5) is 0 Å². The minimum Gasteiger partial charge on any atom is -0.379 e. The minimum atomic E-state index is -1.04. The number of hydrogen-bond acceptors (Lipinski definition) is 9. The molecular formula is C36H45N5O7. The maximum Gasteiger partial charge on any atom is 0.274 e. The molecule has 48 heavy (non-hydrogen) atoms. The molecule has 0 radical (unpaired) electrons. The Morgan fingerprint density at radius 3 is 1.92 bits per heavy atom. The molecule has 3 N–H and O–H groups in total. The van der Waals surface area contributed by atoms with Gasteiger partial charge in [0.15, 0.2) is 17.2 Å². The lowest BCUT2D eigenvalue weighted by Gasteiger charge is -2.26. The van der Waals surface area contributed by atoms with Crippen molar-refractivity contribution in [2.24, 2.45) is 5.92 Å². The van der Waals surface area contributed by atoms with Crippen molar-refractivity contribution < 1.29 is 33.2 Å². The second kappa shape index (κ2) is 16.1. The molecule has 2 saturated heterocycles. The van der Waals surface area contributed by atoms with Gasteiger partial charge in [0.2, 0.25) is 11.8 Å². The molecule has 12 nitrogen and oxygen atoms in total. The zero-order valence-electron chi connectivity index (χ0n) is 27.8. The molecule has 5 rings (SSSR count). The maximum absolute atomic E-state index is 14.0. The monoisotopic (exact) mass is 659 g/mol. The molecule has 2 aliphatic heterocycles. The van der Waals surface area contributed by atoms with Crippen molar-refractivity contribution in [2.45, 2.75) is 70.3 Å². The third kappa shape index (κ3) is 9.82. The molecule has 0 bridgehead atoms. The third-order valence-electron chi connectivity index (χ3n) is 8.53.